The van der Waals surface area contributed by atoms with E-state index >= 15 is 0 Å². The molecule has 0 spiro atoms. The molecule has 7 heteroatoms. The molecule has 1 aliphatic rings. The average Bonchev–Trinajstić information content (AvgIpc) is 2.64. The van der Waals surface area contributed by atoms with Gasteiger partial charge < -0.3 is 15.5 Å². The number of hydrogen-bond donors (Lipinski definition) is 2. The normalized spacial score (nSPS) is 16.1. The van der Waals surface area contributed by atoms with Gasteiger partial charge in [-0.2, -0.15) is 4.98 Å². The molecule has 0 saturated carbocycles. The Morgan fingerprint density at radius 1 is 1.18 bits per heavy atom. The molecule has 0 aromatic carbocycles. The highest BCUT2D eigenvalue weighted by Crippen LogP contribution is 2.21. The molecule has 2 N–H and O–H groups in total. The van der Waals surface area contributed by atoms with Crippen LogP contribution < -0.4 is 15.5 Å². The van der Waals surface area contributed by atoms with E-state index < -0.39 is 0 Å². The number of nitrogens with zero attached hydrogens (tertiary/aromatic N) is 3. The van der Waals surface area contributed by atoms with E-state index in [2.05, 4.69) is 25.5 Å². The zero-order valence-corrected chi connectivity index (χ0v) is 15.0. The lowest BCUT2D eigenvalue weighted by Crippen LogP contribution is -2.43. The molecular weight excluding hydrogens is 318 g/mol. The standard InChI is InChI=1S/C15H24ClN5S/c1-15(2,3)20-14(22)19-13-17-11(16)10-12(18-13)21-8-6-4-5-7-9-21/h10H,4-9H2,1-3H3,(H2,17,18,19,20,22). The van der Waals surface area contributed by atoms with E-state index in [1.807, 2.05) is 26.8 Å². The fraction of sp³-hybridized carbons (Fsp3) is 0.667. The Kier molecular flexibility index (Phi) is 5.81. The molecule has 1 saturated heterocycles. The molecule has 5 nitrogen and oxygen atoms in total. The molecule has 0 atom stereocenters. The van der Waals surface area contributed by atoms with Crippen molar-refractivity contribution < 1.29 is 0 Å². The zero-order valence-electron chi connectivity index (χ0n) is 13.4. The summed E-state index contributed by atoms with van der Waals surface area (Å²) < 4.78 is 0. The fourth-order valence-corrected chi connectivity index (χ4v) is 2.97. The summed E-state index contributed by atoms with van der Waals surface area (Å²) in [7, 11) is 0. The van der Waals surface area contributed by atoms with Crippen LogP contribution in [0.4, 0.5) is 11.8 Å². The van der Waals surface area contributed by atoms with Crippen molar-refractivity contribution in [1.29, 1.82) is 0 Å². The quantitative estimate of drug-likeness (QED) is 0.633. The van der Waals surface area contributed by atoms with Crippen LogP contribution in [0.15, 0.2) is 6.07 Å². The minimum absolute atomic E-state index is 0.115. The molecule has 1 fully saturated rings. The van der Waals surface area contributed by atoms with Crippen molar-refractivity contribution in [1.82, 2.24) is 15.3 Å². The lowest BCUT2D eigenvalue weighted by atomic mass is 10.1. The van der Waals surface area contributed by atoms with Gasteiger partial charge in [0.05, 0.1) is 0 Å². The van der Waals surface area contributed by atoms with Crippen LogP contribution in [0.3, 0.4) is 0 Å². The molecule has 122 valence electrons. The minimum Gasteiger partial charge on any atom is -0.358 e. The summed E-state index contributed by atoms with van der Waals surface area (Å²) in [6.07, 6.45) is 4.93. The topological polar surface area (TPSA) is 53.1 Å². The number of thiocarbonyl (C=S) groups is 1. The van der Waals surface area contributed by atoms with Gasteiger partial charge >= 0.3 is 0 Å². The summed E-state index contributed by atoms with van der Waals surface area (Å²) in [5.41, 5.74) is -0.115. The summed E-state index contributed by atoms with van der Waals surface area (Å²) in [6.45, 7) is 8.16. The maximum Gasteiger partial charge on any atom is 0.232 e. The third-order valence-corrected chi connectivity index (χ3v) is 3.72. The molecule has 2 rings (SSSR count). The smallest absolute Gasteiger partial charge is 0.232 e. The van der Waals surface area contributed by atoms with Crippen LogP contribution in [0.25, 0.3) is 0 Å². The maximum atomic E-state index is 6.15. The molecule has 0 unspecified atom stereocenters. The van der Waals surface area contributed by atoms with Gasteiger partial charge in [-0.1, -0.05) is 24.4 Å². The van der Waals surface area contributed by atoms with E-state index in [9.17, 15) is 0 Å². The minimum atomic E-state index is -0.115. The van der Waals surface area contributed by atoms with E-state index in [0.717, 1.165) is 18.9 Å². The van der Waals surface area contributed by atoms with Gasteiger partial charge in [0.1, 0.15) is 11.0 Å². The van der Waals surface area contributed by atoms with Crippen LogP contribution in [-0.4, -0.2) is 33.7 Å². The van der Waals surface area contributed by atoms with Gasteiger partial charge in [-0.05, 0) is 45.8 Å². The highest BCUT2D eigenvalue weighted by molar-refractivity contribution is 7.80. The van der Waals surface area contributed by atoms with E-state index in [1.54, 1.807) is 0 Å². The van der Waals surface area contributed by atoms with Crippen molar-refractivity contribution in [2.75, 3.05) is 23.3 Å². The van der Waals surface area contributed by atoms with Crippen LogP contribution in [0.5, 0.6) is 0 Å². The summed E-state index contributed by atoms with van der Waals surface area (Å²) in [6, 6.07) is 1.82. The number of anilines is 2. The Morgan fingerprint density at radius 3 is 2.41 bits per heavy atom. The molecular formula is C15H24ClN5S. The number of rotatable bonds is 2. The van der Waals surface area contributed by atoms with E-state index in [1.165, 1.54) is 25.7 Å². The molecule has 0 radical (unpaired) electrons. The van der Waals surface area contributed by atoms with Gasteiger partial charge in [0.15, 0.2) is 5.11 Å². The molecule has 1 aromatic rings. The van der Waals surface area contributed by atoms with Crippen molar-refractivity contribution in [2.24, 2.45) is 0 Å². The number of halogens is 1. The lowest BCUT2D eigenvalue weighted by molar-refractivity contribution is 0.514. The van der Waals surface area contributed by atoms with E-state index in [-0.39, 0.29) is 5.54 Å². The monoisotopic (exact) mass is 341 g/mol. The first-order valence-corrected chi connectivity index (χ1v) is 8.51. The average molecular weight is 342 g/mol. The number of aromatic nitrogens is 2. The third kappa shape index (κ3) is 5.57. The summed E-state index contributed by atoms with van der Waals surface area (Å²) in [5.74, 6) is 1.30. The molecule has 1 aromatic heterocycles. The molecule has 22 heavy (non-hydrogen) atoms. The van der Waals surface area contributed by atoms with Crippen molar-refractivity contribution in [3.63, 3.8) is 0 Å². The van der Waals surface area contributed by atoms with Gasteiger partial charge in [0, 0.05) is 24.7 Å². The van der Waals surface area contributed by atoms with Gasteiger partial charge in [-0.3, -0.25) is 0 Å². The Hall–Kier alpha value is -1.14. The van der Waals surface area contributed by atoms with Gasteiger partial charge in [0.25, 0.3) is 0 Å². The third-order valence-electron chi connectivity index (χ3n) is 3.33. The second-order valence-corrected chi connectivity index (χ2v) is 7.40. The number of hydrogen-bond acceptors (Lipinski definition) is 4. The van der Waals surface area contributed by atoms with Gasteiger partial charge in [-0.15, -0.1) is 0 Å². The van der Waals surface area contributed by atoms with Crippen molar-refractivity contribution in [2.45, 2.75) is 52.0 Å². The highest BCUT2D eigenvalue weighted by atomic mass is 35.5. The summed E-state index contributed by atoms with van der Waals surface area (Å²) in [4.78, 5) is 11.0. The second kappa shape index (κ2) is 7.42. The Morgan fingerprint density at radius 2 is 1.82 bits per heavy atom. The maximum absolute atomic E-state index is 6.15. The summed E-state index contributed by atoms with van der Waals surface area (Å²) in [5, 5.41) is 7.12. The number of nitrogens with one attached hydrogen (secondary N) is 2. The van der Waals surface area contributed by atoms with Crippen molar-refractivity contribution >= 4 is 40.7 Å². The SMILES string of the molecule is CC(C)(C)NC(=S)Nc1nc(Cl)cc(N2CCCCCC2)n1. The van der Waals surface area contributed by atoms with Crippen LogP contribution >= 0.6 is 23.8 Å². The Bertz CT molecular complexity index is 521. The second-order valence-electron chi connectivity index (χ2n) is 6.60. The largest absolute Gasteiger partial charge is 0.358 e. The fourth-order valence-electron chi connectivity index (χ4n) is 2.40. The highest BCUT2D eigenvalue weighted by Gasteiger charge is 2.15. The lowest BCUT2D eigenvalue weighted by Gasteiger charge is -2.24. The molecule has 1 aliphatic heterocycles. The van der Waals surface area contributed by atoms with Crippen LogP contribution in [0.2, 0.25) is 5.15 Å². The van der Waals surface area contributed by atoms with E-state index in [4.69, 9.17) is 23.8 Å². The Labute approximate surface area is 142 Å². The van der Waals surface area contributed by atoms with Gasteiger partial charge in [0.2, 0.25) is 5.95 Å². The van der Waals surface area contributed by atoms with Gasteiger partial charge in [-0.25, -0.2) is 4.98 Å². The van der Waals surface area contributed by atoms with Crippen molar-refractivity contribution in [3.8, 4) is 0 Å². The van der Waals surface area contributed by atoms with Crippen molar-refractivity contribution in [3.05, 3.63) is 11.2 Å². The zero-order chi connectivity index (χ0) is 16.2. The van der Waals surface area contributed by atoms with Crippen LogP contribution in [0, 0.1) is 0 Å². The predicted molar refractivity (Wildman–Crippen MR) is 96.8 cm³/mol. The van der Waals surface area contributed by atoms with Crippen LogP contribution in [-0.2, 0) is 0 Å². The molecule has 0 amide bonds. The molecule has 0 bridgehead atoms. The van der Waals surface area contributed by atoms with E-state index in [0.29, 0.717) is 16.2 Å². The first-order chi connectivity index (χ1) is 10.3. The first-order valence-electron chi connectivity index (χ1n) is 7.72. The first kappa shape index (κ1) is 17.2. The molecule has 0 aliphatic carbocycles. The Balaban J connectivity index is 2.10. The van der Waals surface area contributed by atoms with Crippen LogP contribution in [0.1, 0.15) is 46.5 Å². The summed E-state index contributed by atoms with van der Waals surface area (Å²) >= 11 is 11.4. The molecule has 2 heterocycles. The predicted octanol–water partition coefficient (Wildman–Crippen LogP) is 3.60.